The Morgan fingerprint density at radius 3 is 2.40 bits per heavy atom. The number of amides is 1. The predicted molar refractivity (Wildman–Crippen MR) is 78.0 cm³/mol. The summed E-state index contributed by atoms with van der Waals surface area (Å²) in [6, 6.07) is 3.43. The molecule has 1 atom stereocenters. The molecule has 20 heavy (non-hydrogen) atoms. The van der Waals surface area contributed by atoms with Crippen LogP contribution >= 0.6 is 0 Å². The molecule has 0 aromatic carbocycles. The number of likely N-dealkylation sites (N-methyl/N-ethyl adjacent to an activating group) is 1. The van der Waals surface area contributed by atoms with Crippen LogP contribution in [-0.2, 0) is 16.1 Å². The molecule has 0 saturated carbocycles. The first-order valence-corrected chi connectivity index (χ1v) is 6.77. The first-order chi connectivity index (χ1) is 9.40. The topological polar surface area (TPSA) is 62.3 Å². The summed E-state index contributed by atoms with van der Waals surface area (Å²) in [5, 5.41) is 2.79. The summed E-state index contributed by atoms with van der Waals surface area (Å²) in [5.74, 6) is -0.0393. The molecule has 0 bridgehead atoms. The lowest BCUT2D eigenvalue weighted by atomic mass is 10.0. The highest BCUT2D eigenvalue weighted by Gasteiger charge is 2.20. The van der Waals surface area contributed by atoms with E-state index in [1.165, 1.54) is 6.92 Å². The predicted octanol–water partition coefficient (Wildman–Crippen LogP) is 1.24. The summed E-state index contributed by atoms with van der Waals surface area (Å²) < 4.78 is 0. The van der Waals surface area contributed by atoms with Crippen molar-refractivity contribution in [1.29, 1.82) is 0 Å². The first kappa shape index (κ1) is 16.3. The van der Waals surface area contributed by atoms with Gasteiger partial charge in [-0.1, -0.05) is 13.8 Å². The average Bonchev–Trinajstić information content (AvgIpc) is 2.36. The van der Waals surface area contributed by atoms with Gasteiger partial charge in [0.25, 0.3) is 0 Å². The fraction of sp³-hybridized carbons (Fsp3) is 0.533. The van der Waals surface area contributed by atoms with Crippen LogP contribution in [0.4, 0.5) is 0 Å². The molecule has 110 valence electrons. The zero-order valence-corrected chi connectivity index (χ0v) is 12.6. The molecule has 1 rings (SSSR count). The van der Waals surface area contributed by atoms with Gasteiger partial charge in [0, 0.05) is 18.9 Å². The smallest absolute Gasteiger partial charge is 0.234 e. The van der Waals surface area contributed by atoms with E-state index in [2.05, 4.69) is 10.3 Å². The van der Waals surface area contributed by atoms with Gasteiger partial charge in [0.2, 0.25) is 5.91 Å². The zero-order valence-electron chi connectivity index (χ0n) is 12.6. The van der Waals surface area contributed by atoms with Crippen molar-refractivity contribution in [3.63, 3.8) is 0 Å². The molecule has 0 radical (unpaired) electrons. The second-order valence-corrected chi connectivity index (χ2v) is 5.43. The molecule has 5 nitrogen and oxygen atoms in total. The van der Waals surface area contributed by atoms with Gasteiger partial charge in [0.1, 0.15) is 0 Å². The third kappa shape index (κ3) is 5.48. The lowest BCUT2D eigenvalue weighted by Crippen LogP contribution is -2.46. The van der Waals surface area contributed by atoms with Crippen LogP contribution in [-0.4, -0.2) is 41.2 Å². The van der Waals surface area contributed by atoms with E-state index in [4.69, 9.17) is 0 Å². The Morgan fingerprint density at radius 1 is 1.30 bits per heavy atom. The average molecular weight is 277 g/mol. The molecule has 0 spiro atoms. The van der Waals surface area contributed by atoms with Crippen molar-refractivity contribution in [2.45, 2.75) is 33.4 Å². The van der Waals surface area contributed by atoms with Crippen LogP contribution in [0.5, 0.6) is 0 Å². The van der Waals surface area contributed by atoms with E-state index in [-0.39, 0.29) is 24.2 Å². The van der Waals surface area contributed by atoms with Gasteiger partial charge in [-0.2, -0.15) is 0 Å². The maximum atomic E-state index is 11.9. The van der Waals surface area contributed by atoms with Crippen molar-refractivity contribution in [3.8, 4) is 0 Å². The van der Waals surface area contributed by atoms with Gasteiger partial charge in [-0.05, 0) is 37.6 Å². The Hall–Kier alpha value is -1.75. The number of rotatable bonds is 7. The molecule has 1 unspecified atom stereocenters. The second-order valence-electron chi connectivity index (χ2n) is 5.43. The minimum atomic E-state index is -0.406. The number of carbonyl (C=O) groups is 2. The van der Waals surface area contributed by atoms with Crippen LogP contribution in [0.1, 0.15) is 26.3 Å². The lowest BCUT2D eigenvalue weighted by molar-refractivity contribution is -0.128. The Balaban J connectivity index is 2.47. The van der Waals surface area contributed by atoms with Gasteiger partial charge in [0.05, 0.1) is 12.6 Å². The molecule has 0 aliphatic rings. The van der Waals surface area contributed by atoms with Crippen LogP contribution in [0.25, 0.3) is 0 Å². The third-order valence-electron chi connectivity index (χ3n) is 3.04. The number of Topliss-reactive ketones (excluding diaryl/α,β-unsaturated/α-hetero) is 1. The molecule has 0 aliphatic carbocycles. The first-order valence-electron chi connectivity index (χ1n) is 6.77. The van der Waals surface area contributed by atoms with Gasteiger partial charge in [0.15, 0.2) is 5.78 Å². The molecular formula is C15H23N3O2. The third-order valence-corrected chi connectivity index (χ3v) is 3.04. The number of hydrogen-bond donors (Lipinski definition) is 1. The zero-order chi connectivity index (χ0) is 15.1. The number of nitrogens with one attached hydrogen (secondary N) is 1. The van der Waals surface area contributed by atoms with Crippen LogP contribution < -0.4 is 5.32 Å². The fourth-order valence-electron chi connectivity index (χ4n) is 2.06. The molecule has 0 saturated heterocycles. The second kappa shape index (κ2) is 7.75. The van der Waals surface area contributed by atoms with E-state index in [9.17, 15) is 9.59 Å². The Bertz CT molecular complexity index is 446. The summed E-state index contributed by atoms with van der Waals surface area (Å²) in [4.78, 5) is 29.3. The lowest BCUT2D eigenvalue weighted by Gasteiger charge is -2.22. The number of ketones is 1. The molecule has 0 aliphatic heterocycles. The summed E-state index contributed by atoms with van der Waals surface area (Å²) in [7, 11) is 1.87. The van der Waals surface area contributed by atoms with E-state index in [0.29, 0.717) is 6.54 Å². The Labute approximate surface area is 120 Å². The Morgan fingerprint density at radius 2 is 1.90 bits per heavy atom. The minimum absolute atomic E-state index is 0.00913. The maximum absolute atomic E-state index is 11.9. The van der Waals surface area contributed by atoms with Gasteiger partial charge in [-0.3, -0.25) is 19.5 Å². The van der Waals surface area contributed by atoms with Crippen LogP contribution in [0.2, 0.25) is 0 Å². The Kier molecular flexibility index (Phi) is 6.31. The molecule has 1 aromatic heterocycles. The van der Waals surface area contributed by atoms with Gasteiger partial charge in [-0.15, -0.1) is 0 Å². The van der Waals surface area contributed by atoms with Crippen molar-refractivity contribution >= 4 is 11.7 Å². The van der Waals surface area contributed by atoms with E-state index in [1.54, 1.807) is 12.4 Å². The van der Waals surface area contributed by atoms with E-state index in [1.807, 2.05) is 37.9 Å². The van der Waals surface area contributed by atoms with Gasteiger partial charge < -0.3 is 5.32 Å². The molecule has 1 aromatic rings. The fourth-order valence-corrected chi connectivity index (χ4v) is 2.06. The number of hydrogen-bond acceptors (Lipinski definition) is 4. The molecule has 5 heteroatoms. The highest BCUT2D eigenvalue weighted by molar-refractivity contribution is 5.88. The monoisotopic (exact) mass is 277 g/mol. The number of pyridine rings is 1. The number of aromatic nitrogens is 1. The highest BCUT2D eigenvalue weighted by atomic mass is 16.2. The maximum Gasteiger partial charge on any atom is 0.234 e. The van der Waals surface area contributed by atoms with E-state index in [0.717, 1.165) is 5.56 Å². The van der Waals surface area contributed by atoms with E-state index < -0.39 is 6.04 Å². The summed E-state index contributed by atoms with van der Waals surface area (Å²) >= 11 is 0. The molecule has 1 N–H and O–H groups in total. The molecule has 0 fully saturated rings. The minimum Gasteiger partial charge on any atom is -0.345 e. The summed E-state index contributed by atoms with van der Waals surface area (Å²) in [6.07, 6.45) is 3.46. The summed E-state index contributed by atoms with van der Waals surface area (Å²) in [6.45, 7) is 6.28. The molecule has 1 amide bonds. The molecular weight excluding hydrogens is 254 g/mol. The van der Waals surface area contributed by atoms with Crippen LogP contribution in [0.3, 0.4) is 0 Å². The van der Waals surface area contributed by atoms with E-state index >= 15 is 0 Å². The molecule has 1 heterocycles. The van der Waals surface area contributed by atoms with Gasteiger partial charge in [-0.25, -0.2) is 0 Å². The summed E-state index contributed by atoms with van der Waals surface area (Å²) in [5.41, 5.74) is 1.10. The van der Waals surface area contributed by atoms with Crippen molar-refractivity contribution in [1.82, 2.24) is 15.2 Å². The van der Waals surface area contributed by atoms with Crippen molar-refractivity contribution in [2.75, 3.05) is 13.6 Å². The van der Waals surface area contributed by atoms with Crippen LogP contribution in [0, 0.1) is 5.92 Å². The van der Waals surface area contributed by atoms with Gasteiger partial charge >= 0.3 is 0 Å². The van der Waals surface area contributed by atoms with Crippen LogP contribution in [0.15, 0.2) is 24.5 Å². The quantitative estimate of drug-likeness (QED) is 0.814. The van der Waals surface area contributed by atoms with Crippen molar-refractivity contribution in [3.05, 3.63) is 30.1 Å². The van der Waals surface area contributed by atoms with Crippen molar-refractivity contribution < 1.29 is 9.59 Å². The normalized spacial score (nSPS) is 12.5. The number of nitrogens with zero attached hydrogens (tertiary/aromatic N) is 2. The van der Waals surface area contributed by atoms with Crippen molar-refractivity contribution in [2.24, 2.45) is 5.92 Å². The SMILES string of the molecule is CC(=O)C(NC(=O)CN(C)Cc1ccncc1)C(C)C. The largest absolute Gasteiger partial charge is 0.345 e. The highest BCUT2D eigenvalue weighted by Crippen LogP contribution is 2.04. The standard InChI is InChI=1S/C15H23N3O2/c1-11(2)15(12(3)19)17-14(20)10-18(4)9-13-5-7-16-8-6-13/h5-8,11,15H,9-10H2,1-4H3,(H,17,20). The number of carbonyl (C=O) groups excluding carboxylic acids is 2.